The first-order chi connectivity index (χ1) is 6.74. The topological polar surface area (TPSA) is 64.9 Å². The van der Waals surface area contributed by atoms with Crippen molar-refractivity contribution in [2.45, 2.75) is 24.8 Å². The Kier molecular flexibility index (Phi) is 4.19. The average molecular weight is 248 g/mol. The molecule has 0 aromatic carbocycles. The molecule has 1 aromatic rings. The highest BCUT2D eigenvalue weighted by Crippen LogP contribution is 2.36. The Labute approximate surface area is 99.1 Å². The van der Waals surface area contributed by atoms with Gasteiger partial charge in [-0.3, -0.25) is 0 Å². The molecular weight excluding hydrogens is 234 g/mol. The van der Waals surface area contributed by atoms with Crippen LogP contribution in [0.2, 0.25) is 0 Å². The van der Waals surface area contributed by atoms with E-state index in [4.69, 9.17) is 10.3 Å². The second-order valence-corrected chi connectivity index (χ2v) is 4.25. The largest absolute Gasteiger partial charge is 0.335 e. The highest BCUT2D eigenvalue weighted by Gasteiger charge is 2.38. The molecule has 1 aromatic heterocycles. The number of thioether (sulfide) groups is 1. The summed E-state index contributed by atoms with van der Waals surface area (Å²) in [7, 11) is 0. The van der Waals surface area contributed by atoms with Gasteiger partial charge in [-0.2, -0.15) is 4.98 Å². The highest BCUT2D eigenvalue weighted by molar-refractivity contribution is 8.01. The zero-order valence-corrected chi connectivity index (χ0v) is 10.1. The third-order valence-corrected chi connectivity index (χ3v) is 2.89. The quantitative estimate of drug-likeness (QED) is 0.887. The van der Waals surface area contributed by atoms with E-state index in [9.17, 15) is 0 Å². The zero-order valence-electron chi connectivity index (χ0n) is 8.47. The number of halogens is 1. The summed E-state index contributed by atoms with van der Waals surface area (Å²) in [5.41, 5.74) is 5.73. The molecule has 2 N–H and O–H groups in total. The first-order valence-electron chi connectivity index (χ1n) is 4.57. The fraction of sp³-hybridized carbons (Fsp3) is 0.556. The second-order valence-electron chi connectivity index (χ2n) is 3.50. The maximum atomic E-state index is 6.05. The van der Waals surface area contributed by atoms with Crippen LogP contribution in [0.3, 0.4) is 0 Å². The van der Waals surface area contributed by atoms with Gasteiger partial charge in [0, 0.05) is 6.08 Å². The average Bonchev–Trinajstić information content (AvgIpc) is 2.59. The third-order valence-electron chi connectivity index (χ3n) is 2.48. The lowest BCUT2D eigenvalue weighted by Crippen LogP contribution is -2.44. The predicted octanol–water partition coefficient (Wildman–Crippen LogP) is 2.16. The highest BCUT2D eigenvalue weighted by atomic mass is 35.5. The summed E-state index contributed by atoms with van der Waals surface area (Å²) in [4.78, 5) is 4.24. The van der Waals surface area contributed by atoms with E-state index in [2.05, 4.69) is 10.1 Å². The van der Waals surface area contributed by atoms with Crippen LogP contribution in [0.25, 0.3) is 6.08 Å². The van der Waals surface area contributed by atoms with Crippen LogP contribution >= 0.6 is 24.2 Å². The van der Waals surface area contributed by atoms with E-state index in [0.29, 0.717) is 11.7 Å². The van der Waals surface area contributed by atoms with Crippen molar-refractivity contribution in [1.82, 2.24) is 10.1 Å². The molecule has 4 nitrogen and oxygen atoms in total. The van der Waals surface area contributed by atoms with Crippen molar-refractivity contribution >= 4 is 30.2 Å². The first-order valence-corrected chi connectivity index (χ1v) is 5.86. The van der Waals surface area contributed by atoms with Gasteiger partial charge >= 0.3 is 0 Å². The van der Waals surface area contributed by atoms with E-state index in [1.165, 1.54) is 0 Å². The molecule has 1 heterocycles. The molecule has 6 heteroatoms. The van der Waals surface area contributed by atoms with Crippen LogP contribution in [0.1, 0.15) is 31.0 Å². The van der Waals surface area contributed by atoms with Crippen LogP contribution in [0, 0.1) is 0 Å². The molecule has 2 rings (SSSR count). The van der Waals surface area contributed by atoms with Crippen LogP contribution in [0.4, 0.5) is 0 Å². The van der Waals surface area contributed by atoms with Gasteiger partial charge in [0.1, 0.15) is 0 Å². The summed E-state index contributed by atoms with van der Waals surface area (Å²) in [6.07, 6.45) is 6.84. The van der Waals surface area contributed by atoms with Gasteiger partial charge in [-0.1, -0.05) is 5.16 Å². The number of hydrogen-bond acceptors (Lipinski definition) is 5. The van der Waals surface area contributed by atoms with Gasteiger partial charge in [-0.05, 0) is 30.9 Å². The Hall–Kier alpha value is -0.520. The fourth-order valence-corrected chi connectivity index (χ4v) is 1.67. The van der Waals surface area contributed by atoms with E-state index in [1.54, 1.807) is 17.8 Å². The first kappa shape index (κ1) is 12.5. The third kappa shape index (κ3) is 2.53. The van der Waals surface area contributed by atoms with Crippen molar-refractivity contribution in [3.05, 3.63) is 17.1 Å². The molecule has 0 unspecified atom stereocenters. The number of aromatic nitrogens is 2. The lowest BCUT2D eigenvalue weighted by atomic mass is 9.77. The molecule has 1 saturated carbocycles. The van der Waals surface area contributed by atoms with Crippen molar-refractivity contribution in [2.24, 2.45) is 5.73 Å². The summed E-state index contributed by atoms with van der Waals surface area (Å²) in [6, 6.07) is 0. The molecular formula is C9H14ClN3OS. The fourth-order valence-electron chi connectivity index (χ4n) is 1.41. The molecule has 0 spiro atoms. The van der Waals surface area contributed by atoms with E-state index in [-0.39, 0.29) is 17.9 Å². The molecule has 1 aliphatic carbocycles. The van der Waals surface area contributed by atoms with E-state index >= 15 is 0 Å². The van der Waals surface area contributed by atoms with E-state index in [0.717, 1.165) is 19.3 Å². The number of hydrogen-bond donors (Lipinski definition) is 1. The van der Waals surface area contributed by atoms with Crippen molar-refractivity contribution < 1.29 is 4.52 Å². The summed E-state index contributed by atoms with van der Waals surface area (Å²) < 4.78 is 5.05. The monoisotopic (exact) mass is 247 g/mol. The summed E-state index contributed by atoms with van der Waals surface area (Å²) >= 11 is 1.59. The van der Waals surface area contributed by atoms with Gasteiger partial charge in [0.05, 0.1) is 5.54 Å². The molecule has 0 radical (unpaired) electrons. The van der Waals surface area contributed by atoms with Crippen molar-refractivity contribution in [2.75, 3.05) is 6.26 Å². The SMILES string of the molecule is CS/C=C/c1nc(C2(N)CCC2)no1.Cl. The van der Waals surface area contributed by atoms with Gasteiger partial charge in [0.25, 0.3) is 5.89 Å². The summed E-state index contributed by atoms with van der Waals surface area (Å²) in [5.74, 6) is 1.18. The molecule has 0 atom stereocenters. The maximum absolute atomic E-state index is 6.05. The lowest BCUT2D eigenvalue weighted by Gasteiger charge is -2.34. The molecule has 0 amide bonds. The number of nitrogens with two attached hydrogens (primary N) is 1. The van der Waals surface area contributed by atoms with Crippen LogP contribution in [0.5, 0.6) is 0 Å². The van der Waals surface area contributed by atoms with E-state index < -0.39 is 0 Å². The molecule has 1 aliphatic rings. The van der Waals surface area contributed by atoms with Crippen LogP contribution < -0.4 is 5.73 Å². The maximum Gasteiger partial charge on any atom is 0.251 e. The van der Waals surface area contributed by atoms with E-state index in [1.807, 2.05) is 11.7 Å². The Balaban J connectivity index is 0.00000112. The molecule has 1 fully saturated rings. The molecule has 84 valence electrons. The number of rotatable bonds is 3. The minimum atomic E-state index is -0.324. The Bertz CT molecular complexity index is 349. The Morgan fingerprint density at radius 2 is 2.27 bits per heavy atom. The number of nitrogens with zero attached hydrogens (tertiary/aromatic N) is 2. The summed E-state index contributed by atoms with van der Waals surface area (Å²) in [5, 5.41) is 5.80. The Morgan fingerprint density at radius 1 is 1.53 bits per heavy atom. The van der Waals surface area contributed by atoms with Gasteiger partial charge in [-0.15, -0.1) is 24.2 Å². The smallest absolute Gasteiger partial charge is 0.251 e. The van der Waals surface area contributed by atoms with Crippen LogP contribution in [-0.2, 0) is 5.54 Å². The minimum Gasteiger partial charge on any atom is -0.335 e. The van der Waals surface area contributed by atoms with Crippen molar-refractivity contribution in [3.8, 4) is 0 Å². The van der Waals surface area contributed by atoms with Gasteiger partial charge < -0.3 is 10.3 Å². The normalized spacial score (nSPS) is 18.5. The minimum absolute atomic E-state index is 0. The zero-order chi connectivity index (χ0) is 10.0. The molecule has 0 bridgehead atoms. The molecule has 15 heavy (non-hydrogen) atoms. The van der Waals surface area contributed by atoms with Gasteiger partial charge in [-0.25, -0.2) is 0 Å². The molecule has 0 saturated heterocycles. The van der Waals surface area contributed by atoms with Crippen LogP contribution in [-0.4, -0.2) is 16.4 Å². The van der Waals surface area contributed by atoms with Crippen molar-refractivity contribution in [3.63, 3.8) is 0 Å². The predicted molar refractivity (Wildman–Crippen MR) is 63.8 cm³/mol. The summed E-state index contributed by atoms with van der Waals surface area (Å²) in [6.45, 7) is 0. The van der Waals surface area contributed by atoms with Gasteiger partial charge in [0.15, 0.2) is 5.82 Å². The van der Waals surface area contributed by atoms with Gasteiger partial charge in [0.2, 0.25) is 0 Å². The Morgan fingerprint density at radius 3 is 2.80 bits per heavy atom. The standard InChI is InChI=1S/C9H13N3OS.ClH/c1-14-6-3-7-11-8(12-13-7)9(10)4-2-5-9;/h3,6H,2,4-5,10H2,1H3;1H/b6-3+;. The lowest BCUT2D eigenvalue weighted by molar-refractivity contribution is 0.229. The van der Waals surface area contributed by atoms with Crippen LogP contribution in [0.15, 0.2) is 9.93 Å². The second kappa shape index (κ2) is 5.01. The van der Waals surface area contributed by atoms with Crippen molar-refractivity contribution in [1.29, 1.82) is 0 Å². The molecule has 0 aliphatic heterocycles.